The van der Waals surface area contributed by atoms with Crippen LogP contribution in [-0.4, -0.2) is 19.1 Å². The minimum atomic E-state index is -0.653. The summed E-state index contributed by atoms with van der Waals surface area (Å²) in [7, 11) is 1.13. The Bertz CT molecular complexity index is 246. The standard InChI is InChI=1S/C7H12NO3P/c1-5(4-12-10)3-6(8)7(9)11-2/h5-6H,3,8H2,1-2H3/t5?,6-/m0/s1. The van der Waals surface area contributed by atoms with Crippen molar-refractivity contribution in [1.29, 1.82) is 0 Å². The number of carbonyl (C=O) groups excluding carboxylic acids is 1. The molecule has 0 saturated carbocycles. The fraction of sp³-hybridized carbons (Fsp3) is 0.714. The average Bonchev–Trinajstić information content (AvgIpc) is 2.03. The third-order valence-electron chi connectivity index (χ3n) is 1.38. The Hall–Kier alpha value is -0.560. The molecule has 2 N–H and O–H groups in total. The van der Waals surface area contributed by atoms with Gasteiger partial charge in [-0.2, -0.15) is 0 Å². The molecule has 0 aliphatic heterocycles. The van der Waals surface area contributed by atoms with Gasteiger partial charge in [-0.15, -0.1) is 0 Å². The van der Waals surface area contributed by atoms with Crippen LogP contribution >= 0.6 is 7.92 Å². The maximum absolute atomic E-state index is 10.8. The van der Waals surface area contributed by atoms with E-state index in [1.165, 1.54) is 7.11 Å². The van der Waals surface area contributed by atoms with Gasteiger partial charge in [-0.3, -0.25) is 0 Å². The van der Waals surface area contributed by atoms with Gasteiger partial charge in [-0.05, 0) is 0 Å². The van der Waals surface area contributed by atoms with Gasteiger partial charge >= 0.3 is 71.8 Å². The van der Waals surface area contributed by atoms with Crippen molar-refractivity contribution in [3.8, 4) is 5.63 Å². The number of nitrogens with two attached hydrogens (primary N) is 1. The van der Waals surface area contributed by atoms with Gasteiger partial charge in [-0.25, -0.2) is 0 Å². The number of hydrogen-bond acceptors (Lipinski definition) is 4. The Balaban J connectivity index is 3.96. The average molecular weight is 189 g/mol. The first-order chi connectivity index (χ1) is 5.61. The van der Waals surface area contributed by atoms with E-state index in [1.54, 1.807) is 6.92 Å². The number of methoxy groups -OCH3 is 1. The molecule has 68 valence electrons. The van der Waals surface area contributed by atoms with Crippen molar-refractivity contribution in [3.05, 3.63) is 0 Å². The van der Waals surface area contributed by atoms with Gasteiger partial charge in [0.1, 0.15) is 0 Å². The molecule has 0 fully saturated rings. The molecular formula is C7H12NO3P. The van der Waals surface area contributed by atoms with E-state index in [4.69, 9.17) is 5.73 Å². The second-order valence-electron chi connectivity index (χ2n) is 2.49. The molecule has 2 atom stereocenters. The van der Waals surface area contributed by atoms with Crippen molar-refractivity contribution in [3.63, 3.8) is 0 Å². The molecule has 4 nitrogen and oxygen atoms in total. The zero-order chi connectivity index (χ0) is 9.56. The van der Waals surface area contributed by atoms with Gasteiger partial charge < -0.3 is 0 Å². The normalized spacial score (nSPS) is 14.2. The fourth-order valence-electron chi connectivity index (χ4n) is 0.771. The van der Waals surface area contributed by atoms with Crippen LogP contribution in [0.3, 0.4) is 0 Å². The van der Waals surface area contributed by atoms with Crippen LogP contribution in [0.1, 0.15) is 13.3 Å². The Morgan fingerprint density at radius 3 is 2.75 bits per heavy atom. The van der Waals surface area contributed by atoms with E-state index in [0.717, 1.165) is 0 Å². The third-order valence-corrected chi connectivity index (χ3v) is 1.93. The predicted octanol–water partition coefficient (Wildman–Crippen LogP) is 0.764. The topological polar surface area (TPSA) is 69.4 Å². The van der Waals surface area contributed by atoms with Crippen LogP contribution in [0.4, 0.5) is 0 Å². The van der Waals surface area contributed by atoms with Crippen molar-refractivity contribution in [1.82, 2.24) is 0 Å². The fourth-order valence-corrected chi connectivity index (χ4v) is 1.06. The summed E-state index contributed by atoms with van der Waals surface area (Å²) in [6.45, 7) is 1.79. The van der Waals surface area contributed by atoms with Crippen molar-refractivity contribution < 1.29 is 14.1 Å². The second kappa shape index (κ2) is 6.01. The van der Waals surface area contributed by atoms with Crippen LogP contribution < -0.4 is 5.73 Å². The molecular weight excluding hydrogens is 177 g/mol. The number of ether oxygens (including phenoxy) is 1. The number of rotatable bonds is 3. The molecule has 0 aromatic rings. The first-order valence-corrected chi connectivity index (χ1v) is 4.34. The summed E-state index contributed by atoms with van der Waals surface area (Å²) < 4.78 is 14.5. The molecule has 0 saturated heterocycles. The Morgan fingerprint density at radius 2 is 2.33 bits per heavy atom. The first kappa shape index (κ1) is 11.4. The van der Waals surface area contributed by atoms with Gasteiger partial charge in [-0.1, -0.05) is 0 Å². The molecule has 0 aliphatic rings. The molecule has 0 aromatic heterocycles. The second-order valence-corrected chi connectivity index (χ2v) is 2.93. The van der Waals surface area contributed by atoms with E-state index < -0.39 is 12.0 Å². The summed E-state index contributed by atoms with van der Waals surface area (Å²) in [5.74, 6) is -0.524. The molecule has 12 heavy (non-hydrogen) atoms. The van der Waals surface area contributed by atoms with E-state index in [0.29, 0.717) is 6.42 Å². The summed E-state index contributed by atoms with van der Waals surface area (Å²) >= 11 is 0. The zero-order valence-electron chi connectivity index (χ0n) is 7.11. The summed E-state index contributed by atoms with van der Waals surface area (Å²) in [6.07, 6.45) is 0.405. The van der Waals surface area contributed by atoms with Gasteiger partial charge in [0.2, 0.25) is 0 Å². The van der Waals surface area contributed by atoms with Gasteiger partial charge in [0.05, 0.1) is 0 Å². The monoisotopic (exact) mass is 189 g/mol. The van der Waals surface area contributed by atoms with Crippen LogP contribution in [0.15, 0.2) is 0 Å². The van der Waals surface area contributed by atoms with Crippen molar-refractivity contribution in [2.75, 3.05) is 7.11 Å². The summed E-state index contributed by atoms with van der Waals surface area (Å²) in [5.41, 5.74) is 8.02. The number of esters is 1. The molecule has 1 unspecified atom stereocenters. The van der Waals surface area contributed by atoms with Crippen LogP contribution in [-0.2, 0) is 14.1 Å². The maximum atomic E-state index is 10.8. The molecule has 0 aliphatic carbocycles. The summed E-state index contributed by atoms with van der Waals surface area (Å²) in [6, 6.07) is -0.653. The minimum absolute atomic E-state index is 0.0710. The predicted molar refractivity (Wildman–Crippen MR) is 45.3 cm³/mol. The van der Waals surface area contributed by atoms with E-state index in [1.807, 2.05) is 0 Å². The SMILES string of the molecule is COC(=O)[C@@H](N)CC(C)C#P=O. The molecule has 0 spiro atoms. The summed E-state index contributed by atoms with van der Waals surface area (Å²) in [4.78, 5) is 10.8. The van der Waals surface area contributed by atoms with Crippen LogP contribution in [0.2, 0.25) is 0 Å². The molecule has 5 heteroatoms. The first-order valence-electron chi connectivity index (χ1n) is 3.53. The number of carbonyl (C=O) groups is 1. The molecule has 0 rings (SSSR count). The van der Waals surface area contributed by atoms with E-state index in [9.17, 15) is 9.36 Å². The quantitative estimate of drug-likeness (QED) is 0.525. The van der Waals surface area contributed by atoms with Crippen LogP contribution in [0, 0.1) is 11.5 Å². The van der Waals surface area contributed by atoms with Gasteiger partial charge in [0, 0.05) is 0 Å². The molecule has 0 radical (unpaired) electrons. The molecule has 0 bridgehead atoms. The van der Waals surface area contributed by atoms with Gasteiger partial charge in [0.25, 0.3) is 0 Å². The zero-order valence-corrected chi connectivity index (χ0v) is 8.01. The van der Waals surface area contributed by atoms with E-state index in [-0.39, 0.29) is 13.8 Å². The van der Waals surface area contributed by atoms with Crippen molar-refractivity contribution in [2.45, 2.75) is 19.4 Å². The van der Waals surface area contributed by atoms with Crippen molar-refractivity contribution in [2.24, 2.45) is 11.7 Å². The Kier molecular flexibility index (Phi) is 5.73. The molecule has 0 aromatic carbocycles. The summed E-state index contributed by atoms with van der Waals surface area (Å²) in [5, 5.41) is 0. The van der Waals surface area contributed by atoms with Crippen molar-refractivity contribution >= 4 is 13.9 Å². The molecule has 0 heterocycles. The van der Waals surface area contributed by atoms with Crippen LogP contribution in [0.25, 0.3) is 0 Å². The number of hydrogen-bond donors (Lipinski definition) is 1. The van der Waals surface area contributed by atoms with Gasteiger partial charge in [0.15, 0.2) is 0 Å². The molecule has 0 amide bonds. The van der Waals surface area contributed by atoms with Crippen LogP contribution in [0.5, 0.6) is 0 Å². The van der Waals surface area contributed by atoms with E-state index >= 15 is 0 Å². The Morgan fingerprint density at radius 1 is 1.75 bits per heavy atom. The Labute approximate surface area is 72.6 Å². The third kappa shape index (κ3) is 4.35. The van der Waals surface area contributed by atoms with E-state index in [2.05, 4.69) is 10.4 Å².